The number of ether oxygens (including phenoxy) is 1. The van der Waals surface area contributed by atoms with Crippen LogP contribution in [0.5, 0.6) is 0 Å². The fourth-order valence-electron chi connectivity index (χ4n) is 1.64. The molecule has 1 rings (SSSR count). The van der Waals surface area contributed by atoms with Crippen LogP contribution in [0.2, 0.25) is 0 Å². The molecular formula is C13H20N2O2. The Kier molecular flexibility index (Phi) is 5.49. The molecule has 0 unspecified atom stereocenters. The van der Waals surface area contributed by atoms with Gasteiger partial charge < -0.3 is 15.4 Å². The maximum atomic E-state index is 11.8. The first kappa shape index (κ1) is 13.5. The van der Waals surface area contributed by atoms with Crippen LogP contribution in [0, 0.1) is 0 Å². The standard InChI is InChI=1S/C13H20N2O2/c1-3-15(13(16)7-8-17-2)10-11-5-4-6-12(14)9-11/h4-6,9H,3,7-8,10,14H2,1-2H3. The van der Waals surface area contributed by atoms with Crippen LogP contribution in [0.15, 0.2) is 24.3 Å². The van der Waals surface area contributed by atoms with Gasteiger partial charge in [0.25, 0.3) is 0 Å². The first-order chi connectivity index (χ1) is 8.17. The minimum atomic E-state index is 0.108. The predicted octanol–water partition coefficient (Wildman–Crippen LogP) is 1.65. The zero-order valence-corrected chi connectivity index (χ0v) is 10.5. The van der Waals surface area contributed by atoms with Crippen molar-refractivity contribution in [3.8, 4) is 0 Å². The van der Waals surface area contributed by atoms with E-state index in [2.05, 4.69) is 0 Å². The number of rotatable bonds is 6. The lowest BCUT2D eigenvalue weighted by molar-refractivity contribution is -0.132. The zero-order valence-electron chi connectivity index (χ0n) is 10.5. The number of anilines is 1. The molecule has 1 aromatic rings. The number of nitrogens with zero attached hydrogens (tertiary/aromatic N) is 1. The summed E-state index contributed by atoms with van der Waals surface area (Å²) in [5, 5.41) is 0. The average molecular weight is 236 g/mol. The molecule has 17 heavy (non-hydrogen) atoms. The second kappa shape index (κ2) is 6.91. The number of amides is 1. The number of hydrogen-bond donors (Lipinski definition) is 1. The number of carbonyl (C=O) groups is 1. The van der Waals surface area contributed by atoms with E-state index in [-0.39, 0.29) is 5.91 Å². The summed E-state index contributed by atoms with van der Waals surface area (Å²) in [6.45, 7) is 3.73. The van der Waals surface area contributed by atoms with E-state index >= 15 is 0 Å². The quantitative estimate of drug-likeness (QED) is 0.764. The Labute approximate surface area is 102 Å². The monoisotopic (exact) mass is 236 g/mol. The smallest absolute Gasteiger partial charge is 0.225 e. The van der Waals surface area contributed by atoms with Gasteiger partial charge >= 0.3 is 0 Å². The van der Waals surface area contributed by atoms with Crippen LogP contribution >= 0.6 is 0 Å². The highest BCUT2D eigenvalue weighted by Crippen LogP contribution is 2.10. The van der Waals surface area contributed by atoms with Gasteiger partial charge in [0.15, 0.2) is 0 Å². The summed E-state index contributed by atoms with van der Waals surface area (Å²) in [5.74, 6) is 0.108. The van der Waals surface area contributed by atoms with Crippen molar-refractivity contribution in [2.24, 2.45) is 0 Å². The van der Waals surface area contributed by atoms with Crippen molar-refractivity contribution in [1.29, 1.82) is 0 Å². The summed E-state index contributed by atoms with van der Waals surface area (Å²) >= 11 is 0. The van der Waals surface area contributed by atoms with Crippen molar-refractivity contribution < 1.29 is 9.53 Å². The van der Waals surface area contributed by atoms with Crippen molar-refractivity contribution in [3.05, 3.63) is 29.8 Å². The topological polar surface area (TPSA) is 55.6 Å². The summed E-state index contributed by atoms with van der Waals surface area (Å²) in [4.78, 5) is 13.6. The van der Waals surface area contributed by atoms with E-state index < -0.39 is 0 Å². The highest BCUT2D eigenvalue weighted by Gasteiger charge is 2.11. The first-order valence-corrected chi connectivity index (χ1v) is 5.78. The van der Waals surface area contributed by atoms with Crippen molar-refractivity contribution in [2.75, 3.05) is 26.0 Å². The summed E-state index contributed by atoms with van der Waals surface area (Å²) in [6, 6.07) is 7.61. The highest BCUT2D eigenvalue weighted by molar-refractivity contribution is 5.76. The Hall–Kier alpha value is -1.55. The van der Waals surface area contributed by atoms with E-state index in [1.165, 1.54) is 0 Å². The van der Waals surface area contributed by atoms with Crippen molar-refractivity contribution in [3.63, 3.8) is 0 Å². The van der Waals surface area contributed by atoms with E-state index in [0.717, 1.165) is 11.3 Å². The molecule has 0 heterocycles. The SMILES string of the molecule is CCN(Cc1cccc(N)c1)C(=O)CCOC. The van der Waals surface area contributed by atoms with E-state index in [1.54, 1.807) is 12.0 Å². The van der Waals surface area contributed by atoms with Gasteiger partial charge in [0.05, 0.1) is 13.0 Å². The third kappa shape index (κ3) is 4.44. The summed E-state index contributed by atoms with van der Waals surface area (Å²) in [6.07, 6.45) is 0.423. The number of methoxy groups -OCH3 is 1. The number of hydrogen-bond acceptors (Lipinski definition) is 3. The van der Waals surface area contributed by atoms with Crippen LogP contribution in [-0.4, -0.2) is 31.1 Å². The predicted molar refractivity (Wildman–Crippen MR) is 68.4 cm³/mol. The van der Waals surface area contributed by atoms with Crippen LogP contribution in [0.4, 0.5) is 5.69 Å². The van der Waals surface area contributed by atoms with Gasteiger partial charge in [-0.2, -0.15) is 0 Å². The van der Waals surface area contributed by atoms with Crippen LogP contribution in [0.3, 0.4) is 0 Å². The zero-order chi connectivity index (χ0) is 12.7. The molecule has 0 aromatic heterocycles. The summed E-state index contributed by atoms with van der Waals surface area (Å²) in [7, 11) is 1.60. The third-order valence-corrected chi connectivity index (χ3v) is 2.58. The molecule has 0 aliphatic carbocycles. The number of carbonyl (C=O) groups excluding carboxylic acids is 1. The number of nitrogens with two attached hydrogens (primary N) is 1. The lowest BCUT2D eigenvalue weighted by Crippen LogP contribution is -2.30. The largest absolute Gasteiger partial charge is 0.399 e. The molecule has 0 aliphatic heterocycles. The number of benzene rings is 1. The minimum absolute atomic E-state index is 0.108. The molecule has 0 spiro atoms. The van der Waals surface area contributed by atoms with Crippen LogP contribution in [-0.2, 0) is 16.1 Å². The number of nitrogen functional groups attached to an aromatic ring is 1. The fourth-order valence-corrected chi connectivity index (χ4v) is 1.64. The van der Waals surface area contributed by atoms with Gasteiger partial charge in [0, 0.05) is 25.9 Å². The molecule has 0 radical (unpaired) electrons. The van der Waals surface area contributed by atoms with Gasteiger partial charge in [-0.1, -0.05) is 12.1 Å². The normalized spacial score (nSPS) is 10.2. The molecule has 4 heteroatoms. The van der Waals surface area contributed by atoms with Crippen molar-refractivity contribution >= 4 is 11.6 Å². The van der Waals surface area contributed by atoms with E-state index in [9.17, 15) is 4.79 Å². The molecule has 0 bridgehead atoms. The molecule has 0 atom stereocenters. The second-order valence-electron chi connectivity index (χ2n) is 3.90. The summed E-state index contributed by atoms with van der Waals surface area (Å²) in [5.41, 5.74) is 7.49. The second-order valence-corrected chi connectivity index (χ2v) is 3.90. The van der Waals surface area contributed by atoms with E-state index in [4.69, 9.17) is 10.5 Å². The molecule has 1 amide bonds. The third-order valence-electron chi connectivity index (χ3n) is 2.58. The Morgan fingerprint density at radius 3 is 2.82 bits per heavy atom. The average Bonchev–Trinajstić information content (AvgIpc) is 2.33. The maximum Gasteiger partial charge on any atom is 0.225 e. The molecule has 0 aliphatic rings. The Balaban J connectivity index is 2.60. The van der Waals surface area contributed by atoms with Gasteiger partial charge in [-0.05, 0) is 24.6 Å². The highest BCUT2D eigenvalue weighted by atomic mass is 16.5. The minimum Gasteiger partial charge on any atom is -0.399 e. The van der Waals surface area contributed by atoms with Crippen LogP contribution in [0.1, 0.15) is 18.9 Å². The van der Waals surface area contributed by atoms with Gasteiger partial charge in [-0.3, -0.25) is 4.79 Å². The molecule has 4 nitrogen and oxygen atoms in total. The summed E-state index contributed by atoms with van der Waals surface area (Å²) < 4.78 is 4.91. The van der Waals surface area contributed by atoms with Crippen LogP contribution in [0.25, 0.3) is 0 Å². The molecule has 0 fully saturated rings. The molecule has 1 aromatic carbocycles. The van der Waals surface area contributed by atoms with Crippen molar-refractivity contribution in [2.45, 2.75) is 19.9 Å². The van der Waals surface area contributed by atoms with Crippen LogP contribution < -0.4 is 5.73 Å². The Morgan fingerprint density at radius 2 is 2.24 bits per heavy atom. The van der Waals surface area contributed by atoms with Gasteiger partial charge in [-0.15, -0.1) is 0 Å². The van der Waals surface area contributed by atoms with Gasteiger partial charge in [0.1, 0.15) is 0 Å². The van der Waals surface area contributed by atoms with Gasteiger partial charge in [0.2, 0.25) is 5.91 Å². The van der Waals surface area contributed by atoms with Gasteiger partial charge in [-0.25, -0.2) is 0 Å². The lowest BCUT2D eigenvalue weighted by atomic mass is 10.2. The molecule has 0 saturated heterocycles. The maximum absolute atomic E-state index is 11.8. The van der Waals surface area contributed by atoms with E-state index in [0.29, 0.717) is 26.1 Å². The molecule has 0 saturated carbocycles. The van der Waals surface area contributed by atoms with Crippen molar-refractivity contribution in [1.82, 2.24) is 4.90 Å². The first-order valence-electron chi connectivity index (χ1n) is 5.78. The Morgan fingerprint density at radius 1 is 1.47 bits per heavy atom. The lowest BCUT2D eigenvalue weighted by Gasteiger charge is -2.21. The molecular weight excluding hydrogens is 216 g/mol. The van der Waals surface area contributed by atoms with E-state index in [1.807, 2.05) is 31.2 Å². The molecule has 2 N–H and O–H groups in total. The Bertz CT molecular complexity index is 366. The molecule has 94 valence electrons. The fraction of sp³-hybridized carbons (Fsp3) is 0.462.